The molecule has 0 radical (unpaired) electrons. The minimum absolute atomic E-state index is 0.282. The molecule has 0 saturated heterocycles. The van der Waals surface area contributed by atoms with Crippen molar-refractivity contribution in [2.45, 2.75) is 20.8 Å². The van der Waals surface area contributed by atoms with Crippen molar-refractivity contribution in [3.05, 3.63) is 145 Å². The van der Waals surface area contributed by atoms with Crippen molar-refractivity contribution in [1.82, 2.24) is 0 Å². The number of hydrogen-bond acceptors (Lipinski definition) is 9. The first-order valence-electron chi connectivity index (χ1n) is 13.5. The van der Waals surface area contributed by atoms with E-state index in [-0.39, 0.29) is 17.8 Å². The van der Waals surface area contributed by atoms with Gasteiger partial charge in [0.15, 0.2) is 0 Å². The Balaban J connectivity index is 0.000000181. The maximum atomic E-state index is 6.08. The summed E-state index contributed by atoms with van der Waals surface area (Å²) in [6.45, 7) is 6.01. The summed E-state index contributed by atoms with van der Waals surface area (Å²) in [6.07, 6.45) is 4.47. The van der Waals surface area contributed by atoms with Crippen LogP contribution in [0.15, 0.2) is 141 Å². The van der Waals surface area contributed by atoms with Gasteiger partial charge in [-0.3, -0.25) is 0 Å². The molecule has 9 nitrogen and oxygen atoms in total. The van der Waals surface area contributed by atoms with Gasteiger partial charge in [0, 0.05) is 18.2 Å². The molecule has 6 aromatic rings. The van der Waals surface area contributed by atoms with E-state index in [2.05, 4.69) is 0 Å². The van der Waals surface area contributed by atoms with Crippen LogP contribution in [0.2, 0.25) is 0 Å². The third kappa shape index (κ3) is 9.08. The summed E-state index contributed by atoms with van der Waals surface area (Å²) < 4.78 is 49.8. The summed E-state index contributed by atoms with van der Waals surface area (Å²) in [4.78, 5) is 0. The van der Waals surface area contributed by atoms with Gasteiger partial charge in [-0.15, -0.1) is 0 Å². The van der Waals surface area contributed by atoms with Gasteiger partial charge in [0.2, 0.25) is 0 Å². The Kier molecular flexibility index (Phi) is 10.8. The van der Waals surface area contributed by atoms with Crippen molar-refractivity contribution in [2.75, 3.05) is 0 Å². The van der Waals surface area contributed by atoms with Crippen LogP contribution in [-0.4, -0.2) is 0 Å². The molecule has 0 atom stereocenters. The lowest BCUT2D eigenvalue weighted by atomic mass is 10.2. The maximum Gasteiger partial charge on any atom is 0.537 e. The number of furan rings is 3. The molecule has 44 heavy (non-hydrogen) atoms. The summed E-state index contributed by atoms with van der Waals surface area (Å²) >= 11 is 0. The summed E-state index contributed by atoms with van der Waals surface area (Å²) in [5.74, 6) is 3.13. The molecule has 0 aliphatic rings. The van der Waals surface area contributed by atoms with E-state index in [4.69, 9.17) is 40.4 Å². The van der Waals surface area contributed by atoms with E-state index in [1.807, 2.05) is 93.6 Å². The number of rotatable bonds is 12. The van der Waals surface area contributed by atoms with Gasteiger partial charge in [-0.25, -0.2) is 0 Å². The van der Waals surface area contributed by atoms with Gasteiger partial charge in [0.25, 0.3) is 17.8 Å². The van der Waals surface area contributed by atoms with Crippen molar-refractivity contribution < 1.29 is 40.4 Å². The van der Waals surface area contributed by atoms with E-state index in [0.29, 0.717) is 0 Å². The molecular weight excluding hydrogens is 602 g/mol. The molecule has 0 unspecified atom stereocenters. The predicted molar refractivity (Wildman–Crippen MR) is 167 cm³/mol. The first-order valence-corrected chi connectivity index (χ1v) is 15.7. The summed E-state index contributed by atoms with van der Waals surface area (Å²) in [7, 11) is -3.43. The maximum absolute atomic E-state index is 6.08. The third-order valence-corrected chi connectivity index (χ3v) is 7.80. The minimum atomic E-state index is -1.79. The van der Waals surface area contributed by atoms with Gasteiger partial charge in [-0.2, -0.15) is 0 Å². The molecule has 0 aliphatic carbocycles. The van der Waals surface area contributed by atoms with Gasteiger partial charge in [0.1, 0.15) is 17.2 Å². The highest BCUT2D eigenvalue weighted by Crippen LogP contribution is 2.45. The Bertz CT molecular complexity index is 1470. The zero-order valence-electron chi connectivity index (χ0n) is 24.2. The van der Waals surface area contributed by atoms with Crippen LogP contribution >= 0.6 is 17.2 Å². The highest BCUT2D eigenvalue weighted by atomic mass is 31.2. The first-order chi connectivity index (χ1) is 21.5. The number of aryl methyl sites for hydroxylation is 3. The fourth-order valence-electron chi connectivity index (χ4n) is 3.50. The molecule has 0 saturated carbocycles. The predicted octanol–water partition coefficient (Wildman–Crippen LogP) is 10.6. The highest BCUT2D eigenvalue weighted by molar-refractivity contribution is 7.43. The molecule has 6 rings (SSSR count). The largest absolute Gasteiger partial charge is 0.537 e. The second-order valence-electron chi connectivity index (χ2n) is 9.09. The Labute approximate surface area is 257 Å². The zero-order chi connectivity index (χ0) is 30.6. The van der Waals surface area contributed by atoms with Crippen LogP contribution < -0.4 is 27.1 Å². The van der Waals surface area contributed by atoms with Crippen LogP contribution in [0.4, 0.5) is 0 Å². The standard InChI is InChI=1S/C21H21O3P.C12H9O6P/c1-16-10-4-7-13-19(16)22-25(23-20-14-8-5-11-17(20)2)24-21-15-9-6-12-18(21)3;1-4-10(13-7-1)16-19(17-11-5-2-8-14-11)18-12-6-3-9-15-12/h4-15H,1-3H3;1-9H. The molecule has 226 valence electrons. The molecule has 3 aromatic carbocycles. The van der Waals surface area contributed by atoms with Crippen LogP contribution in [0.3, 0.4) is 0 Å². The monoisotopic (exact) mass is 632 g/mol. The van der Waals surface area contributed by atoms with Crippen LogP contribution in [0, 0.1) is 20.8 Å². The smallest absolute Gasteiger partial charge is 0.434 e. The van der Waals surface area contributed by atoms with E-state index in [0.717, 1.165) is 33.9 Å². The van der Waals surface area contributed by atoms with Gasteiger partial charge < -0.3 is 40.4 Å². The van der Waals surface area contributed by atoms with Crippen molar-refractivity contribution in [3.63, 3.8) is 0 Å². The highest BCUT2D eigenvalue weighted by Gasteiger charge is 2.24. The Morgan fingerprint density at radius 2 is 0.659 bits per heavy atom. The lowest BCUT2D eigenvalue weighted by Crippen LogP contribution is -2.04. The van der Waals surface area contributed by atoms with Crippen LogP contribution in [0.25, 0.3) is 0 Å². The molecule has 0 fully saturated rings. The SMILES string of the molecule is Cc1ccccc1OP(Oc1ccccc1C)Oc1ccccc1C.c1coc(OP(Oc2ccco2)Oc2ccco2)c1. The van der Waals surface area contributed by atoms with Gasteiger partial charge in [-0.05, 0) is 73.9 Å². The van der Waals surface area contributed by atoms with Crippen molar-refractivity contribution in [1.29, 1.82) is 0 Å². The summed E-state index contributed by atoms with van der Waals surface area (Å²) in [5.41, 5.74) is 3.12. The molecule has 0 aliphatic heterocycles. The van der Waals surface area contributed by atoms with Gasteiger partial charge in [0.05, 0.1) is 18.8 Å². The lowest BCUT2D eigenvalue weighted by Gasteiger charge is -2.20. The van der Waals surface area contributed by atoms with E-state index >= 15 is 0 Å². The molecule has 3 aromatic heterocycles. The first kappa shape index (κ1) is 30.6. The number of hydrogen-bond donors (Lipinski definition) is 0. The average Bonchev–Trinajstić information content (AvgIpc) is 3.83. The van der Waals surface area contributed by atoms with Gasteiger partial charge >= 0.3 is 17.2 Å². The quantitative estimate of drug-likeness (QED) is 0.122. The summed E-state index contributed by atoms with van der Waals surface area (Å²) in [6, 6.07) is 33.6. The lowest BCUT2D eigenvalue weighted by molar-refractivity contribution is 0.281. The molecule has 11 heteroatoms. The minimum Gasteiger partial charge on any atom is -0.434 e. The fourth-order valence-corrected chi connectivity index (χ4v) is 5.57. The second-order valence-corrected chi connectivity index (χ2v) is 11.1. The number of para-hydroxylation sites is 3. The van der Waals surface area contributed by atoms with Crippen LogP contribution in [0.5, 0.6) is 35.1 Å². The normalized spacial score (nSPS) is 10.6. The topological polar surface area (TPSA) is 94.8 Å². The molecule has 0 N–H and O–H groups in total. The van der Waals surface area contributed by atoms with Crippen molar-refractivity contribution in [3.8, 4) is 35.1 Å². The third-order valence-electron chi connectivity index (χ3n) is 5.78. The summed E-state index contributed by atoms with van der Waals surface area (Å²) in [5, 5.41) is 0. The van der Waals surface area contributed by atoms with E-state index < -0.39 is 17.2 Å². The molecule has 0 amide bonds. The van der Waals surface area contributed by atoms with Crippen LogP contribution in [-0.2, 0) is 0 Å². The molecular formula is C33H30O9P2. The second kappa shape index (κ2) is 15.6. The Morgan fingerprint density at radius 3 is 0.932 bits per heavy atom. The Hall–Kier alpha value is -4.84. The van der Waals surface area contributed by atoms with Crippen LogP contribution in [0.1, 0.15) is 16.7 Å². The fraction of sp³-hybridized carbons (Fsp3) is 0.0909. The molecule has 3 heterocycles. The van der Waals surface area contributed by atoms with E-state index in [9.17, 15) is 0 Å². The molecule has 0 spiro atoms. The Morgan fingerprint density at radius 1 is 0.364 bits per heavy atom. The molecule has 0 bridgehead atoms. The average molecular weight is 633 g/mol. The number of benzene rings is 3. The zero-order valence-corrected chi connectivity index (χ0v) is 26.0. The van der Waals surface area contributed by atoms with E-state index in [1.54, 1.807) is 36.4 Å². The van der Waals surface area contributed by atoms with Gasteiger partial charge in [-0.1, -0.05) is 54.6 Å². The van der Waals surface area contributed by atoms with E-state index in [1.165, 1.54) is 18.8 Å². The van der Waals surface area contributed by atoms with Crippen molar-refractivity contribution >= 4 is 17.2 Å². The van der Waals surface area contributed by atoms with Crippen molar-refractivity contribution in [2.24, 2.45) is 0 Å².